The van der Waals surface area contributed by atoms with Gasteiger partial charge in [-0.2, -0.15) is 0 Å². The van der Waals surface area contributed by atoms with Crippen molar-refractivity contribution in [2.24, 2.45) is 11.5 Å². The number of nitrogens with two attached hydrogens (primary N) is 4. The van der Waals surface area contributed by atoms with Gasteiger partial charge < -0.3 is 4.42 Å². The van der Waals surface area contributed by atoms with Gasteiger partial charge in [-0.3, -0.25) is 22.3 Å². The zero-order chi connectivity index (χ0) is 16.4. The van der Waals surface area contributed by atoms with Crippen LogP contribution < -0.4 is 22.3 Å². The smallest absolute Gasteiger partial charge is 0.270 e. The fourth-order valence-electron chi connectivity index (χ4n) is 2.33. The third-order valence-electron chi connectivity index (χ3n) is 3.59. The Morgan fingerprint density at radius 2 is 1.30 bits per heavy atom. The maximum atomic E-state index is 5.93. The predicted molar refractivity (Wildman–Crippen MR) is 90.0 cm³/mol. The van der Waals surface area contributed by atoms with Crippen molar-refractivity contribution in [3.05, 3.63) is 71.8 Å². The number of benzene rings is 2. The standard InChI is InChI=1S/C18H16N4O/c19-17(20)12-6-4-11(5-7-12)15-8-9-16(23-15)13-2-1-3-14(10-13)18(21)22/h1-10H,(H3,19,20)(H3,21,22)/p+2. The second-order valence-corrected chi connectivity index (χ2v) is 5.23. The van der Waals surface area contributed by atoms with Gasteiger partial charge in [-0.25, -0.2) is 0 Å². The van der Waals surface area contributed by atoms with Gasteiger partial charge in [-0.15, -0.1) is 0 Å². The minimum Gasteiger partial charge on any atom is -0.456 e. The van der Waals surface area contributed by atoms with E-state index in [1.807, 2.05) is 60.7 Å². The summed E-state index contributed by atoms with van der Waals surface area (Å²) in [5.74, 6) is 2.09. The fraction of sp³-hybridized carbons (Fsp3) is 0. The molecule has 0 atom stereocenters. The Hall–Kier alpha value is -3.34. The van der Waals surface area contributed by atoms with Crippen molar-refractivity contribution in [3.8, 4) is 22.6 Å². The highest BCUT2D eigenvalue weighted by molar-refractivity contribution is 5.94. The Labute approximate surface area is 133 Å². The second-order valence-electron chi connectivity index (χ2n) is 5.23. The van der Waals surface area contributed by atoms with E-state index in [0.717, 1.165) is 33.8 Å². The maximum absolute atomic E-state index is 5.93. The summed E-state index contributed by atoms with van der Waals surface area (Å²) in [5, 5.41) is 11.2. The van der Waals surface area contributed by atoms with E-state index in [0.29, 0.717) is 5.84 Å². The van der Waals surface area contributed by atoms with Gasteiger partial charge in [0.2, 0.25) is 0 Å². The van der Waals surface area contributed by atoms with Gasteiger partial charge in [0.1, 0.15) is 11.5 Å². The van der Waals surface area contributed by atoms with Crippen LogP contribution in [0, 0.1) is 0 Å². The molecule has 23 heavy (non-hydrogen) atoms. The Bertz CT molecular complexity index is 878. The molecule has 114 valence electrons. The van der Waals surface area contributed by atoms with E-state index in [1.165, 1.54) is 0 Å². The molecule has 0 saturated heterocycles. The van der Waals surface area contributed by atoms with E-state index in [9.17, 15) is 0 Å². The molecule has 0 amide bonds. The summed E-state index contributed by atoms with van der Waals surface area (Å²) in [6.45, 7) is 0. The zero-order valence-electron chi connectivity index (χ0n) is 12.5. The molecule has 5 heteroatoms. The van der Waals surface area contributed by atoms with Crippen LogP contribution >= 0.6 is 0 Å². The molecule has 1 heterocycles. The third kappa shape index (κ3) is 2.98. The Kier molecular flexibility index (Phi) is 3.68. The van der Waals surface area contributed by atoms with Gasteiger partial charge in [-0.1, -0.05) is 24.3 Å². The highest BCUT2D eigenvalue weighted by Gasteiger charge is 2.10. The Morgan fingerprint density at radius 3 is 1.91 bits per heavy atom. The lowest BCUT2D eigenvalue weighted by Gasteiger charge is -2.01. The van der Waals surface area contributed by atoms with Crippen LogP contribution in [0.15, 0.2) is 65.1 Å². The monoisotopic (exact) mass is 306 g/mol. The summed E-state index contributed by atoms with van der Waals surface area (Å²) < 4.78 is 5.93. The Morgan fingerprint density at radius 1 is 0.696 bits per heavy atom. The molecule has 1 aromatic heterocycles. The van der Waals surface area contributed by atoms with Gasteiger partial charge in [0.15, 0.2) is 0 Å². The SMILES string of the molecule is NC(=[NH2+])c1ccc(-c2ccc(-c3cccc(C(N)=[NH2+])c3)o2)cc1. The first-order valence-corrected chi connectivity index (χ1v) is 7.12. The summed E-state index contributed by atoms with van der Waals surface area (Å²) in [6.07, 6.45) is 0. The topological polar surface area (TPSA) is 116 Å². The number of rotatable bonds is 4. The van der Waals surface area contributed by atoms with Crippen molar-refractivity contribution in [3.63, 3.8) is 0 Å². The molecule has 3 aromatic rings. The van der Waals surface area contributed by atoms with Gasteiger partial charge in [-0.05, 0) is 36.4 Å². The molecule has 0 bridgehead atoms. The average molecular weight is 306 g/mol. The lowest BCUT2D eigenvalue weighted by atomic mass is 10.1. The molecule has 5 nitrogen and oxygen atoms in total. The van der Waals surface area contributed by atoms with Crippen molar-refractivity contribution >= 4 is 11.7 Å². The predicted octanol–water partition coefficient (Wildman–Crippen LogP) is -0.458. The van der Waals surface area contributed by atoms with Crippen LogP contribution in [0.5, 0.6) is 0 Å². The van der Waals surface area contributed by atoms with Gasteiger partial charge >= 0.3 is 0 Å². The molecule has 2 aromatic carbocycles. The van der Waals surface area contributed by atoms with Crippen molar-refractivity contribution in [1.29, 1.82) is 0 Å². The summed E-state index contributed by atoms with van der Waals surface area (Å²) in [4.78, 5) is 0. The van der Waals surface area contributed by atoms with Gasteiger partial charge in [0.05, 0.1) is 11.1 Å². The number of hydrogen-bond donors (Lipinski definition) is 4. The molecule has 0 radical (unpaired) electrons. The second kappa shape index (κ2) is 5.81. The minimum atomic E-state index is 0.282. The molecule has 3 rings (SSSR count). The van der Waals surface area contributed by atoms with Crippen LogP contribution in [-0.4, -0.2) is 11.7 Å². The van der Waals surface area contributed by atoms with Gasteiger partial charge in [0, 0.05) is 11.1 Å². The molecule has 0 aliphatic heterocycles. The lowest BCUT2D eigenvalue weighted by Crippen LogP contribution is -2.46. The van der Waals surface area contributed by atoms with E-state index in [-0.39, 0.29) is 5.84 Å². The molecule has 0 fully saturated rings. The van der Waals surface area contributed by atoms with Crippen LogP contribution in [-0.2, 0) is 0 Å². The van der Waals surface area contributed by atoms with E-state index >= 15 is 0 Å². The maximum Gasteiger partial charge on any atom is 0.270 e. The van der Waals surface area contributed by atoms with E-state index in [2.05, 4.69) is 0 Å². The molecule has 0 saturated carbocycles. The van der Waals surface area contributed by atoms with Crippen molar-refractivity contribution in [1.82, 2.24) is 0 Å². The zero-order valence-corrected chi connectivity index (χ0v) is 12.5. The van der Waals surface area contributed by atoms with Crippen LogP contribution in [0.25, 0.3) is 22.6 Å². The average Bonchev–Trinajstić information content (AvgIpc) is 3.05. The highest BCUT2D eigenvalue weighted by Crippen LogP contribution is 2.29. The van der Waals surface area contributed by atoms with E-state index < -0.39 is 0 Å². The quantitative estimate of drug-likeness (QED) is 0.386. The van der Waals surface area contributed by atoms with Crippen LogP contribution in [0.4, 0.5) is 0 Å². The van der Waals surface area contributed by atoms with Crippen molar-refractivity contribution < 1.29 is 15.2 Å². The number of hydrogen-bond acceptors (Lipinski definition) is 1. The van der Waals surface area contributed by atoms with Crippen LogP contribution in [0.2, 0.25) is 0 Å². The fourth-order valence-corrected chi connectivity index (χ4v) is 2.33. The first-order valence-electron chi connectivity index (χ1n) is 7.12. The lowest BCUT2D eigenvalue weighted by molar-refractivity contribution is -0.115. The molecular weight excluding hydrogens is 288 g/mol. The molecule has 0 spiro atoms. The van der Waals surface area contributed by atoms with Crippen molar-refractivity contribution in [2.75, 3.05) is 0 Å². The molecule has 0 unspecified atom stereocenters. The first-order chi connectivity index (χ1) is 11.0. The van der Waals surface area contributed by atoms with E-state index in [1.54, 1.807) is 0 Å². The minimum absolute atomic E-state index is 0.282. The molecule has 0 aliphatic carbocycles. The largest absolute Gasteiger partial charge is 0.456 e. The van der Waals surface area contributed by atoms with Crippen molar-refractivity contribution in [2.45, 2.75) is 0 Å². The van der Waals surface area contributed by atoms with Crippen LogP contribution in [0.3, 0.4) is 0 Å². The summed E-state index contributed by atoms with van der Waals surface area (Å²) in [5.41, 5.74) is 14.6. The van der Waals surface area contributed by atoms with Crippen LogP contribution in [0.1, 0.15) is 11.1 Å². The normalized spacial score (nSPS) is 10.4. The summed E-state index contributed by atoms with van der Waals surface area (Å²) in [6, 6.07) is 19.0. The molecule has 8 N–H and O–H groups in total. The summed E-state index contributed by atoms with van der Waals surface area (Å²) >= 11 is 0. The third-order valence-corrected chi connectivity index (χ3v) is 3.59. The summed E-state index contributed by atoms with van der Waals surface area (Å²) in [7, 11) is 0. The highest BCUT2D eigenvalue weighted by atomic mass is 16.3. The number of amidine groups is 2. The Balaban J connectivity index is 1.92. The molecule has 0 aliphatic rings. The van der Waals surface area contributed by atoms with Gasteiger partial charge in [0.25, 0.3) is 11.7 Å². The first kappa shape index (κ1) is 14.6. The number of furan rings is 1. The molecular formula is C18H18N4O+2. The van der Waals surface area contributed by atoms with E-state index in [4.69, 9.17) is 26.7 Å².